The molecule has 0 fully saturated rings. The van der Waals surface area contributed by atoms with Gasteiger partial charge in [-0.1, -0.05) is 121 Å². The second-order valence-corrected chi connectivity index (χ2v) is 9.01. The zero-order valence-corrected chi connectivity index (χ0v) is 21.9. The molecule has 0 aliphatic carbocycles. The van der Waals surface area contributed by atoms with Gasteiger partial charge >= 0.3 is 29.6 Å². The molecule has 0 aliphatic rings. The van der Waals surface area contributed by atoms with Crippen molar-refractivity contribution < 1.29 is 42.5 Å². The SMILES string of the molecule is O=S(=O)(O)c1ccccc1.[CH2-]CCCCCCCCCCCCCCCCC.[Na+]. The fraction of sp³-hybridized carbons (Fsp3) is 0.708. The van der Waals surface area contributed by atoms with Crippen molar-refractivity contribution in [1.29, 1.82) is 0 Å². The number of rotatable bonds is 16. The summed E-state index contributed by atoms with van der Waals surface area (Å²) in [6, 6.07) is 7.42. The van der Waals surface area contributed by atoms with E-state index in [9.17, 15) is 8.42 Å². The van der Waals surface area contributed by atoms with E-state index < -0.39 is 10.1 Å². The van der Waals surface area contributed by atoms with Gasteiger partial charge in [0.2, 0.25) is 0 Å². The van der Waals surface area contributed by atoms with Gasteiger partial charge in [-0.15, -0.1) is 0 Å². The number of hydrogen-bond acceptors (Lipinski definition) is 2. The summed E-state index contributed by atoms with van der Waals surface area (Å²) in [5.41, 5.74) is 0. The predicted molar refractivity (Wildman–Crippen MR) is 121 cm³/mol. The quantitative estimate of drug-likeness (QED) is 0.172. The van der Waals surface area contributed by atoms with Crippen molar-refractivity contribution in [1.82, 2.24) is 0 Å². The molecule has 1 N–H and O–H groups in total. The van der Waals surface area contributed by atoms with Gasteiger partial charge in [0.15, 0.2) is 0 Å². The van der Waals surface area contributed by atoms with Crippen LogP contribution in [0.15, 0.2) is 35.2 Å². The summed E-state index contributed by atoms with van der Waals surface area (Å²) in [6.07, 6.45) is 22.8. The Morgan fingerprint density at radius 3 is 1.31 bits per heavy atom. The van der Waals surface area contributed by atoms with Crippen LogP contribution >= 0.6 is 0 Å². The van der Waals surface area contributed by atoms with Crippen LogP contribution in [0.5, 0.6) is 0 Å². The summed E-state index contributed by atoms with van der Waals surface area (Å²) in [4.78, 5) is -0.0741. The van der Waals surface area contributed by atoms with Crippen LogP contribution in [0.3, 0.4) is 0 Å². The summed E-state index contributed by atoms with van der Waals surface area (Å²) in [5, 5.41) is 0. The third-order valence-corrected chi connectivity index (χ3v) is 5.76. The maximum atomic E-state index is 10.4. The largest absolute Gasteiger partial charge is 1.00 e. The molecule has 0 bridgehead atoms. The fourth-order valence-electron chi connectivity index (χ4n) is 3.14. The van der Waals surface area contributed by atoms with Crippen molar-refractivity contribution in [3.63, 3.8) is 0 Å². The molecular formula is C24H43NaO3S. The third-order valence-electron chi connectivity index (χ3n) is 4.89. The van der Waals surface area contributed by atoms with Crippen molar-refractivity contribution in [2.24, 2.45) is 0 Å². The molecule has 0 spiro atoms. The van der Waals surface area contributed by atoms with Crippen molar-refractivity contribution in [2.45, 2.75) is 115 Å². The standard InChI is InChI=1S/C18H37.C6H6O3S.Na/c1-3-5-7-9-11-13-15-17-18-16-14-12-10-8-6-4-2;7-10(8,9)6-4-2-1-3-5-6;/h1,3-18H2,2H3;1-5H,(H,7,8,9);/q-1;;+1. The molecule has 0 heterocycles. The van der Waals surface area contributed by atoms with Gasteiger partial charge in [-0.2, -0.15) is 14.8 Å². The maximum absolute atomic E-state index is 10.4. The van der Waals surface area contributed by atoms with Crippen molar-refractivity contribution in [3.8, 4) is 0 Å². The van der Waals surface area contributed by atoms with Crippen molar-refractivity contribution >= 4 is 10.1 Å². The molecule has 0 saturated heterocycles. The minimum Gasteiger partial charge on any atom is -0.343 e. The van der Waals surface area contributed by atoms with Crippen LogP contribution in [0.2, 0.25) is 0 Å². The van der Waals surface area contributed by atoms with Gasteiger partial charge in [-0.3, -0.25) is 4.55 Å². The molecule has 0 saturated carbocycles. The van der Waals surface area contributed by atoms with E-state index in [1.54, 1.807) is 18.2 Å². The summed E-state index contributed by atoms with van der Waals surface area (Å²) in [7, 11) is -4.00. The molecule has 0 aliphatic heterocycles. The van der Waals surface area contributed by atoms with Gasteiger partial charge in [-0.05, 0) is 12.1 Å². The minimum absolute atomic E-state index is 0. The maximum Gasteiger partial charge on any atom is 1.00 e. The van der Waals surface area contributed by atoms with Gasteiger partial charge in [0.1, 0.15) is 0 Å². The molecule has 1 aromatic carbocycles. The Labute approximate surface area is 203 Å². The van der Waals surface area contributed by atoms with E-state index in [1.165, 1.54) is 108 Å². The molecule has 0 unspecified atom stereocenters. The first-order valence-electron chi connectivity index (χ1n) is 11.3. The Morgan fingerprint density at radius 2 is 1.03 bits per heavy atom. The smallest absolute Gasteiger partial charge is 0.343 e. The second kappa shape index (κ2) is 22.8. The van der Waals surface area contributed by atoms with Gasteiger partial charge in [0, 0.05) is 0 Å². The monoisotopic (exact) mass is 434 g/mol. The van der Waals surface area contributed by atoms with Gasteiger partial charge in [0.25, 0.3) is 10.1 Å². The molecule has 29 heavy (non-hydrogen) atoms. The van der Waals surface area contributed by atoms with E-state index in [0.717, 1.165) is 6.42 Å². The van der Waals surface area contributed by atoms with E-state index in [-0.39, 0.29) is 34.5 Å². The number of unbranched alkanes of at least 4 members (excludes halogenated alkanes) is 15. The molecule has 164 valence electrons. The Morgan fingerprint density at radius 1 is 0.690 bits per heavy atom. The number of hydrogen-bond donors (Lipinski definition) is 1. The van der Waals surface area contributed by atoms with E-state index >= 15 is 0 Å². The van der Waals surface area contributed by atoms with Gasteiger partial charge in [-0.25, -0.2) is 0 Å². The first kappa shape index (κ1) is 31.3. The third kappa shape index (κ3) is 22.6. The topological polar surface area (TPSA) is 54.4 Å². The minimum atomic E-state index is -4.00. The average molecular weight is 435 g/mol. The fourth-order valence-corrected chi connectivity index (χ4v) is 3.64. The van der Waals surface area contributed by atoms with Crippen LogP contribution in [-0.2, 0) is 10.1 Å². The second-order valence-electron chi connectivity index (χ2n) is 7.59. The average Bonchev–Trinajstić information content (AvgIpc) is 2.69. The Balaban J connectivity index is 0. The van der Waals surface area contributed by atoms with Gasteiger partial charge < -0.3 is 6.92 Å². The Bertz CT molecular complexity index is 516. The molecule has 3 nitrogen and oxygen atoms in total. The van der Waals surface area contributed by atoms with E-state index in [0.29, 0.717) is 0 Å². The molecular weight excluding hydrogens is 391 g/mol. The Kier molecular flexibility index (Phi) is 24.6. The van der Waals surface area contributed by atoms with Crippen LogP contribution in [0.4, 0.5) is 0 Å². The van der Waals surface area contributed by atoms with Crippen LogP contribution in [0.1, 0.15) is 110 Å². The molecule has 0 atom stereocenters. The summed E-state index contributed by atoms with van der Waals surface area (Å²) in [6.45, 7) is 6.18. The summed E-state index contributed by atoms with van der Waals surface area (Å²) in [5.74, 6) is 0. The molecule has 5 heteroatoms. The molecule has 0 amide bonds. The predicted octanol–water partition coefficient (Wildman–Crippen LogP) is 5.02. The molecule has 1 aromatic rings. The van der Waals surface area contributed by atoms with Crippen LogP contribution < -0.4 is 29.6 Å². The Hall–Kier alpha value is 0.130. The van der Waals surface area contributed by atoms with Crippen molar-refractivity contribution in [3.05, 3.63) is 37.3 Å². The van der Waals surface area contributed by atoms with Crippen LogP contribution in [-0.4, -0.2) is 13.0 Å². The molecule has 0 radical (unpaired) electrons. The summed E-state index contributed by atoms with van der Waals surface area (Å²) >= 11 is 0. The van der Waals surface area contributed by atoms with E-state index in [2.05, 4.69) is 13.8 Å². The zero-order valence-electron chi connectivity index (χ0n) is 19.1. The van der Waals surface area contributed by atoms with Crippen molar-refractivity contribution in [2.75, 3.05) is 0 Å². The van der Waals surface area contributed by atoms with Crippen LogP contribution in [0, 0.1) is 6.92 Å². The van der Waals surface area contributed by atoms with Crippen LogP contribution in [0.25, 0.3) is 0 Å². The van der Waals surface area contributed by atoms with Gasteiger partial charge in [0.05, 0.1) is 4.90 Å². The first-order valence-corrected chi connectivity index (χ1v) is 12.8. The summed E-state index contributed by atoms with van der Waals surface area (Å²) < 4.78 is 29.2. The molecule has 0 aromatic heterocycles. The number of benzene rings is 1. The first-order chi connectivity index (χ1) is 13.5. The zero-order chi connectivity index (χ0) is 20.9. The molecule has 1 rings (SSSR count). The normalized spacial score (nSPS) is 10.7. The van der Waals surface area contributed by atoms with E-state index in [4.69, 9.17) is 4.55 Å². The van der Waals surface area contributed by atoms with E-state index in [1.807, 2.05) is 0 Å².